The lowest BCUT2D eigenvalue weighted by Crippen LogP contribution is -2.38. The largest absolute Gasteiger partial charge is 0.316 e. The maximum atomic E-state index is 13.9. The Bertz CT molecular complexity index is 584. The summed E-state index contributed by atoms with van der Waals surface area (Å²) in [5, 5.41) is 2.86. The molecule has 0 spiro atoms. The van der Waals surface area contributed by atoms with Crippen molar-refractivity contribution in [3.05, 3.63) is 29.1 Å². The molecule has 1 N–H and O–H groups in total. The second-order valence-corrected chi connectivity index (χ2v) is 7.92. The SMILES string of the molecule is CNCc1cc(S(=O)(=O)N2CCSCC2)cc(C)c1F. The van der Waals surface area contributed by atoms with Crippen molar-refractivity contribution in [1.29, 1.82) is 0 Å². The Kier molecular flexibility index (Phi) is 5.06. The van der Waals surface area contributed by atoms with Gasteiger partial charge in [0.25, 0.3) is 0 Å². The van der Waals surface area contributed by atoms with E-state index >= 15 is 0 Å². The van der Waals surface area contributed by atoms with Gasteiger partial charge in [0.2, 0.25) is 10.0 Å². The van der Waals surface area contributed by atoms with Crippen molar-refractivity contribution < 1.29 is 12.8 Å². The predicted octanol–water partition coefficient (Wildman–Crippen LogP) is 1.59. The lowest BCUT2D eigenvalue weighted by Gasteiger charge is -2.26. The summed E-state index contributed by atoms with van der Waals surface area (Å²) in [5.41, 5.74) is 0.750. The molecule has 7 heteroatoms. The molecular weight excluding hydrogens is 299 g/mol. The maximum Gasteiger partial charge on any atom is 0.243 e. The third kappa shape index (κ3) is 3.16. The number of nitrogens with zero attached hydrogens (tertiary/aromatic N) is 1. The van der Waals surface area contributed by atoms with Crippen molar-refractivity contribution in [3.63, 3.8) is 0 Å². The van der Waals surface area contributed by atoms with Crippen LogP contribution in [0.3, 0.4) is 0 Å². The molecule has 0 saturated carbocycles. The molecule has 1 aromatic rings. The van der Waals surface area contributed by atoms with Crippen LogP contribution in [0.4, 0.5) is 4.39 Å². The van der Waals surface area contributed by atoms with Crippen LogP contribution in [0.25, 0.3) is 0 Å². The van der Waals surface area contributed by atoms with E-state index in [4.69, 9.17) is 0 Å². The number of sulfonamides is 1. The zero-order chi connectivity index (χ0) is 14.8. The molecule has 2 rings (SSSR count). The van der Waals surface area contributed by atoms with Crippen LogP contribution in [0.15, 0.2) is 17.0 Å². The van der Waals surface area contributed by atoms with E-state index in [0.717, 1.165) is 11.5 Å². The van der Waals surface area contributed by atoms with Gasteiger partial charge >= 0.3 is 0 Å². The highest BCUT2D eigenvalue weighted by Gasteiger charge is 2.27. The number of aryl methyl sites for hydroxylation is 1. The minimum atomic E-state index is -3.52. The van der Waals surface area contributed by atoms with Crippen molar-refractivity contribution in [2.75, 3.05) is 31.6 Å². The molecule has 0 atom stereocenters. The smallest absolute Gasteiger partial charge is 0.243 e. The van der Waals surface area contributed by atoms with Crippen LogP contribution in [-0.2, 0) is 16.6 Å². The monoisotopic (exact) mass is 318 g/mol. The fourth-order valence-electron chi connectivity index (χ4n) is 2.21. The number of hydrogen-bond donors (Lipinski definition) is 1. The molecule has 112 valence electrons. The number of thioether (sulfide) groups is 1. The Morgan fingerprint density at radius 3 is 2.60 bits per heavy atom. The van der Waals surface area contributed by atoms with Crippen LogP contribution in [-0.4, -0.2) is 44.4 Å². The lowest BCUT2D eigenvalue weighted by molar-refractivity contribution is 0.443. The van der Waals surface area contributed by atoms with Gasteiger partial charge < -0.3 is 5.32 Å². The summed E-state index contributed by atoms with van der Waals surface area (Å²) in [6.45, 7) is 2.95. The van der Waals surface area contributed by atoms with Crippen LogP contribution < -0.4 is 5.32 Å². The molecule has 0 aromatic heterocycles. The average Bonchev–Trinajstić information content (AvgIpc) is 2.44. The average molecular weight is 318 g/mol. The quantitative estimate of drug-likeness (QED) is 0.916. The minimum absolute atomic E-state index is 0.188. The van der Waals surface area contributed by atoms with Crippen molar-refractivity contribution in [3.8, 4) is 0 Å². The van der Waals surface area contributed by atoms with Crippen molar-refractivity contribution in [2.24, 2.45) is 0 Å². The topological polar surface area (TPSA) is 49.4 Å². The molecule has 1 aliphatic heterocycles. The summed E-state index contributed by atoms with van der Waals surface area (Å²) >= 11 is 1.75. The maximum absolute atomic E-state index is 13.9. The molecule has 1 aromatic carbocycles. The van der Waals surface area contributed by atoms with E-state index in [-0.39, 0.29) is 10.7 Å². The second-order valence-electron chi connectivity index (χ2n) is 4.76. The highest BCUT2D eigenvalue weighted by atomic mass is 32.2. The number of benzene rings is 1. The Morgan fingerprint density at radius 2 is 2.00 bits per heavy atom. The number of halogens is 1. The Morgan fingerprint density at radius 1 is 1.35 bits per heavy atom. The summed E-state index contributed by atoms with van der Waals surface area (Å²) in [5.74, 6) is 1.28. The van der Waals surface area contributed by atoms with Gasteiger partial charge in [-0.05, 0) is 31.7 Å². The standard InChI is InChI=1S/C13H19FN2O2S2/c1-10-7-12(8-11(9-15-2)13(10)14)20(17,18)16-3-5-19-6-4-16/h7-8,15H,3-6,9H2,1-2H3. The molecule has 1 aliphatic rings. The van der Waals surface area contributed by atoms with Gasteiger partial charge in [0, 0.05) is 36.7 Å². The third-order valence-corrected chi connectivity index (χ3v) is 6.10. The van der Waals surface area contributed by atoms with E-state index in [9.17, 15) is 12.8 Å². The predicted molar refractivity (Wildman–Crippen MR) is 80.0 cm³/mol. The first-order valence-electron chi connectivity index (χ1n) is 6.48. The van der Waals surface area contributed by atoms with E-state index < -0.39 is 10.0 Å². The van der Waals surface area contributed by atoms with Gasteiger partial charge in [0.15, 0.2) is 0 Å². The summed E-state index contributed by atoms with van der Waals surface area (Å²) in [6, 6.07) is 2.86. The van der Waals surface area contributed by atoms with Gasteiger partial charge in [0.05, 0.1) is 4.90 Å². The molecule has 0 amide bonds. The van der Waals surface area contributed by atoms with E-state index in [2.05, 4.69) is 5.32 Å². The minimum Gasteiger partial charge on any atom is -0.316 e. The zero-order valence-corrected chi connectivity index (χ0v) is 13.3. The molecule has 1 fully saturated rings. The molecule has 0 unspecified atom stereocenters. The van der Waals surface area contributed by atoms with E-state index in [1.165, 1.54) is 16.4 Å². The van der Waals surface area contributed by atoms with Gasteiger partial charge in [-0.3, -0.25) is 0 Å². The fourth-order valence-corrected chi connectivity index (χ4v) is 4.92. The molecule has 0 aliphatic carbocycles. The summed E-state index contributed by atoms with van der Waals surface area (Å²) < 4.78 is 40.6. The van der Waals surface area contributed by atoms with Gasteiger partial charge in [-0.2, -0.15) is 16.1 Å². The summed E-state index contributed by atoms with van der Waals surface area (Å²) in [6.07, 6.45) is 0. The molecule has 1 heterocycles. The number of hydrogen-bond acceptors (Lipinski definition) is 4. The van der Waals surface area contributed by atoms with E-state index in [1.807, 2.05) is 0 Å². The molecular formula is C13H19FN2O2S2. The van der Waals surface area contributed by atoms with Gasteiger partial charge in [-0.15, -0.1) is 0 Å². The highest BCUT2D eigenvalue weighted by molar-refractivity contribution is 7.99. The first kappa shape index (κ1) is 15.8. The Balaban J connectivity index is 2.40. The highest BCUT2D eigenvalue weighted by Crippen LogP contribution is 2.24. The van der Waals surface area contributed by atoms with E-state index in [0.29, 0.717) is 30.8 Å². The molecule has 1 saturated heterocycles. The van der Waals surface area contributed by atoms with Crippen LogP contribution in [0.1, 0.15) is 11.1 Å². The van der Waals surface area contributed by atoms with Gasteiger partial charge in [0.1, 0.15) is 5.82 Å². The normalized spacial score (nSPS) is 17.4. The number of rotatable bonds is 4. The van der Waals surface area contributed by atoms with Crippen LogP contribution in [0.2, 0.25) is 0 Å². The number of nitrogens with one attached hydrogen (secondary N) is 1. The van der Waals surface area contributed by atoms with Gasteiger partial charge in [-0.25, -0.2) is 12.8 Å². The zero-order valence-electron chi connectivity index (χ0n) is 11.6. The van der Waals surface area contributed by atoms with Crippen molar-refractivity contribution in [2.45, 2.75) is 18.4 Å². The molecule has 4 nitrogen and oxygen atoms in total. The first-order chi connectivity index (χ1) is 9.46. The van der Waals surface area contributed by atoms with Crippen molar-refractivity contribution in [1.82, 2.24) is 9.62 Å². The molecule has 0 radical (unpaired) electrons. The molecule has 20 heavy (non-hydrogen) atoms. The Hall–Kier alpha value is -0.630. The first-order valence-corrected chi connectivity index (χ1v) is 9.08. The van der Waals surface area contributed by atoms with Gasteiger partial charge in [-0.1, -0.05) is 0 Å². The van der Waals surface area contributed by atoms with Crippen LogP contribution in [0.5, 0.6) is 0 Å². The van der Waals surface area contributed by atoms with Crippen LogP contribution in [0, 0.1) is 12.7 Å². The van der Waals surface area contributed by atoms with E-state index in [1.54, 1.807) is 25.7 Å². The summed E-state index contributed by atoms with van der Waals surface area (Å²) in [7, 11) is -1.81. The molecule has 0 bridgehead atoms. The fraction of sp³-hybridized carbons (Fsp3) is 0.538. The second kappa shape index (κ2) is 6.43. The summed E-state index contributed by atoms with van der Waals surface area (Å²) in [4.78, 5) is 0.188. The Labute approximate surface area is 123 Å². The lowest BCUT2D eigenvalue weighted by atomic mass is 10.1. The van der Waals surface area contributed by atoms with Crippen molar-refractivity contribution >= 4 is 21.8 Å². The van der Waals surface area contributed by atoms with Crippen LogP contribution >= 0.6 is 11.8 Å². The third-order valence-electron chi connectivity index (χ3n) is 3.28.